The zero-order valence-corrected chi connectivity index (χ0v) is 8.36. The summed E-state index contributed by atoms with van der Waals surface area (Å²) in [7, 11) is 0. The number of piperidine rings is 1. The summed E-state index contributed by atoms with van der Waals surface area (Å²) in [5.74, 6) is 0. The summed E-state index contributed by atoms with van der Waals surface area (Å²) >= 11 is 0. The molecule has 2 nitrogen and oxygen atoms in total. The minimum absolute atomic E-state index is 0.118. The maximum Gasteiger partial charge on any atom is 0.0778 e. The van der Waals surface area contributed by atoms with Gasteiger partial charge < -0.3 is 10.1 Å². The molecule has 72 valence electrons. The number of ether oxygens (including phenoxy) is 1. The predicted octanol–water partition coefficient (Wildman–Crippen LogP) is 1.95. The van der Waals surface area contributed by atoms with Gasteiger partial charge in [0, 0.05) is 13.2 Å². The van der Waals surface area contributed by atoms with Crippen molar-refractivity contribution in [1.82, 2.24) is 5.32 Å². The van der Waals surface area contributed by atoms with Crippen LogP contribution in [-0.2, 0) is 4.74 Å². The zero-order chi connectivity index (χ0) is 8.86. The molecule has 0 bridgehead atoms. The van der Waals surface area contributed by atoms with Crippen LogP contribution in [0.2, 0.25) is 0 Å². The van der Waals surface area contributed by atoms with Crippen LogP contribution in [0.15, 0.2) is 0 Å². The summed E-state index contributed by atoms with van der Waals surface area (Å²) in [6.45, 7) is 7.53. The number of unbranched alkanes of at least 4 members (excludes halogenated alkanes) is 1. The first-order valence-electron chi connectivity index (χ1n) is 5.11. The van der Waals surface area contributed by atoms with Gasteiger partial charge in [-0.1, -0.05) is 13.3 Å². The van der Waals surface area contributed by atoms with E-state index in [-0.39, 0.29) is 5.60 Å². The second kappa shape index (κ2) is 4.83. The van der Waals surface area contributed by atoms with E-state index in [4.69, 9.17) is 4.74 Å². The Hall–Kier alpha value is -0.0800. The summed E-state index contributed by atoms with van der Waals surface area (Å²) < 4.78 is 5.85. The van der Waals surface area contributed by atoms with Gasteiger partial charge in [0.25, 0.3) is 0 Å². The first-order valence-corrected chi connectivity index (χ1v) is 5.11. The molecule has 2 heteroatoms. The molecule has 1 heterocycles. The van der Waals surface area contributed by atoms with Crippen LogP contribution < -0.4 is 5.32 Å². The maximum absolute atomic E-state index is 5.85. The second-order valence-corrected chi connectivity index (χ2v) is 3.93. The van der Waals surface area contributed by atoms with Crippen molar-refractivity contribution in [2.45, 2.75) is 45.1 Å². The molecular formula is C10H21NO. The van der Waals surface area contributed by atoms with Crippen molar-refractivity contribution in [2.24, 2.45) is 0 Å². The smallest absolute Gasteiger partial charge is 0.0778 e. The third kappa shape index (κ3) is 3.11. The van der Waals surface area contributed by atoms with Gasteiger partial charge in [-0.2, -0.15) is 0 Å². The molecule has 0 aromatic heterocycles. The van der Waals surface area contributed by atoms with E-state index >= 15 is 0 Å². The standard InChI is InChI=1S/C10H21NO/c1-3-4-8-12-10(2)6-5-7-11-9-10/h11H,3-9H2,1-2H3. The van der Waals surface area contributed by atoms with Crippen molar-refractivity contribution in [3.05, 3.63) is 0 Å². The Balaban J connectivity index is 2.17. The molecule has 1 atom stereocenters. The van der Waals surface area contributed by atoms with E-state index in [1.54, 1.807) is 0 Å². The zero-order valence-electron chi connectivity index (χ0n) is 8.36. The molecule has 0 radical (unpaired) electrons. The lowest BCUT2D eigenvalue weighted by molar-refractivity contribution is -0.0474. The molecule has 0 aromatic rings. The van der Waals surface area contributed by atoms with Crippen LogP contribution >= 0.6 is 0 Å². The lowest BCUT2D eigenvalue weighted by Crippen LogP contribution is -2.45. The predicted molar refractivity (Wildman–Crippen MR) is 51.4 cm³/mol. The monoisotopic (exact) mass is 171 g/mol. The van der Waals surface area contributed by atoms with Crippen LogP contribution in [0, 0.1) is 0 Å². The van der Waals surface area contributed by atoms with E-state index in [2.05, 4.69) is 19.2 Å². The van der Waals surface area contributed by atoms with E-state index in [0.29, 0.717) is 0 Å². The fraction of sp³-hybridized carbons (Fsp3) is 1.00. The summed E-state index contributed by atoms with van der Waals surface area (Å²) in [4.78, 5) is 0. The average molecular weight is 171 g/mol. The highest BCUT2D eigenvalue weighted by molar-refractivity contribution is 4.82. The van der Waals surface area contributed by atoms with Crippen LogP contribution in [0.5, 0.6) is 0 Å². The van der Waals surface area contributed by atoms with Gasteiger partial charge in [-0.15, -0.1) is 0 Å². The molecule has 1 fully saturated rings. The fourth-order valence-electron chi connectivity index (χ4n) is 1.61. The van der Waals surface area contributed by atoms with Crippen LogP contribution in [0.25, 0.3) is 0 Å². The molecule has 1 aliphatic heterocycles. The normalized spacial score (nSPS) is 30.5. The Labute approximate surface area is 75.7 Å². The van der Waals surface area contributed by atoms with Crippen LogP contribution in [0.3, 0.4) is 0 Å². The number of rotatable bonds is 4. The first-order chi connectivity index (χ1) is 5.77. The van der Waals surface area contributed by atoms with Crippen molar-refractivity contribution < 1.29 is 4.74 Å². The molecule has 1 saturated heterocycles. The highest BCUT2D eigenvalue weighted by atomic mass is 16.5. The van der Waals surface area contributed by atoms with Crippen LogP contribution in [0.1, 0.15) is 39.5 Å². The van der Waals surface area contributed by atoms with Crippen molar-refractivity contribution in [2.75, 3.05) is 19.7 Å². The number of hydrogen-bond acceptors (Lipinski definition) is 2. The molecule has 1 aliphatic rings. The number of nitrogens with one attached hydrogen (secondary N) is 1. The molecule has 0 spiro atoms. The minimum atomic E-state index is 0.118. The van der Waals surface area contributed by atoms with Gasteiger partial charge in [-0.05, 0) is 32.7 Å². The third-order valence-corrected chi connectivity index (χ3v) is 2.51. The average Bonchev–Trinajstić information content (AvgIpc) is 2.06. The topological polar surface area (TPSA) is 21.3 Å². The Kier molecular flexibility index (Phi) is 4.02. The highest BCUT2D eigenvalue weighted by Gasteiger charge is 2.26. The molecule has 1 N–H and O–H groups in total. The highest BCUT2D eigenvalue weighted by Crippen LogP contribution is 2.20. The van der Waals surface area contributed by atoms with E-state index in [1.807, 2.05) is 0 Å². The Morgan fingerprint density at radius 2 is 2.33 bits per heavy atom. The molecule has 12 heavy (non-hydrogen) atoms. The molecule has 0 aliphatic carbocycles. The van der Waals surface area contributed by atoms with E-state index in [9.17, 15) is 0 Å². The Morgan fingerprint density at radius 1 is 1.50 bits per heavy atom. The van der Waals surface area contributed by atoms with E-state index < -0.39 is 0 Å². The van der Waals surface area contributed by atoms with Gasteiger partial charge in [0.1, 0.15) is 0 Å². The Bertz CT molecular complexity index is 119. The quantitative estimate of drug-likeness (QED) is 0.653. The lowest BCUT2D eigenvalue weighted by Gasteiger charge is -2.34. The molecule has 0 saturated carbocycles. The van der Waals surface area contributed by atoms with Gasteiger partial charge in [0.15, 0.2) is 0 Å². The van der Waals surface area contributed by atoms with Gasteiger partial charge in [-0.25, -0.2) is 0 Å². The Morgan fingerprint density at radius 3 is 2.92 bits per heavy atom. The maximum atomic E-state index is 5.85. The second-order valence-electron chi connectivity index (χ2n) is 3.93. The molecule has 1 rings (SSSR count). The lowest BCUT2D eigenvalue weighted by atomic mass is 9.96. The molecule has 0 aromatic carbocycles. The van der Waals surface area contributed by atoms with E-state index in [0.717, 1.165) is 19.7 Å². The largest absolute Gasteiger partial charge is 0.374 e. The summed E-state index contributed by atoms with van der Waals surface area (Å²) in [5, 5.41) is 3.38. The molecular weight excluding hydrogens is 150 g/mol. The van der Waals surface area contributed by atoms with E-state index in [1.165, 1.54) is 25.7 Å². The fourth-order valence-corrected chi connectivity index (χ4v) is 1.61. The summed E-state index contributed by atoms with van der Waals surface area (Å²) in [6, 6.07) is 0. The van der Waals surface area contributed by atoms with Gasteiger partial charge in [0.2, 0.25) is 0 Å². The molecule has 1 unspecified atom stereocenters. The SMILES string of the molecule is CCCCOC1(C)CCCNC1. The van der Waals surface area contributed by atoms with Crippen LogP contribution in [-0.4, -0.2) is 25.3 Å². The van der Waals surface area contributed by atoms with Gasteiger partial charge in [0.05, 0.1) is 5.60 Å². The number of hydrogen-bond donors (Lipinski definition) is 1. The minimum Gasteiger partial charge on any atom is -0.374 e. The summed E-state index contributed by atoms with van der Waals surface area (Å²) in [5.41, 5.74) is 0.118. The van der Waals surface area contributed by atoms with Crippen molar-refractivity contribution in [3.8, 4) is 0 Å². The third-order valence-electron chi connectivity index (χ3n) is 2.51. The first kappa shape index (κ1) is 10.0. The van der Waals surface area contributed by atoms with Crippen molar-refractivity contribution in [3.63, 3.8) is 0 Å². The summed E-state index contributed by atoms with van der Waals surface area (Å²) in [6.07, 6.45) is 4.88. The van der Waals surface area contributed by atoms with Gasteiger partial charge in [-0.3, -0.25) is 0 Å². The van der Waals surface area contributed by atoms with Gasteiger partial charge >= 0.3 is 0 Å². The molecule has 0 amide bonds. The van der Waals surface area contributed by atoms with Crippen LogP contribution in [0.4, 0.5) is 0 Å². The van der Waals surface area contributed by atoms with Crippen molar-refractivity contribution in [1.29, 1.82) is 0 Å². The van der Waals surface area contributed by atoms with Crippen molar-refractivity contribution >= 4 is 0 Å².